The van der Waals surface area contributed by atoms with Gasteiger partial charge < -0.3 is 19.7 Å². The number of furan rings is 1. The molecule has 188 valence electrons. The van der Waals surface area contributed by atoms with Crippen molar-refractivity contribution in [1.29, 1.82) is 0 Å². The Morgan fingerprint density at radius 3 is 2.22 bits per heavy atom. The highest BCUT2D eigenvalue weighted by molar-refractivity contribution is 6.33. The van der Waals surface area contributed by atoms with Gasteiger partial charge in [-0.05, 0) is 29.8 Å². The molecule has 0 aliphatic rings. The topological polar surface area (TPSA) is 109 Å². The Bertz CT molecular complexity index is 1680. The van der Waals surface area contributed by atoms with Crippen LogP contribution in [-0.2, 0) is 0 Å². The van der Waals surface area contributed by atoms with Gasteiger partial charge in [0.25, 0.3) is 0 Å². The Hall–Kier alpha value is -3.94. The van der Waals surface area contributed by atoms with Crippen LogP contribution in [0.4, 0.5) is 0 Å². The van der Waals surface area contributed by atoms with E-state index in [4.69, 9.17) is 32.6 Å². The second-order valence-corrected chi connectivity index (χ2v) is 10.5. The largest absolute Gasteiger partial charge is 0.503 e. The quantitative estimate of drug-likeness (QED) is 0.204. The third kappa shape index (κ3) is 4.20. The molecular formula is C28H22Cl2N2O5. The second-order valence-electron chi connectivity index (χ2n) is 9.63. The number of ketones is 1. The molecule has 5 rings (SSSR count). The summed E-state index contributed by atoms with van der Waals surface area (Å²) in [5.74, 6) is -2.20. The summed E-state index contributed by atoms with van der Waals surface area (Å²) in [7, 11) is 0. The summed E-state index contributed by atoms with van der Waals surface area (Å²) in [6, 6.07) is 17.1. The maximum absolute atomic E-state index is 13.5. The molecule has 0 amide bonds. The van der Waals surface area contributed by atoms with E-state index in [2.05, 4.69) is 0 Å². The summed E-state index contributed by atoms with van der Waals surface area (Å²) < 4.78 is 6.98. The molecule has 2 aromatic carbocycles. The Kier molecular flexibility index (Phi) is 5.93. The molecule has 0 atom stereocenters. The molecule has 3 N–H and O–H groups in total. The summed E-state index contributed by atoms with van der Waals surface area (Å²) in [5, 5.41) is 32.6. The van der Waals surface area contributed by atoms with E-state index in [0.717, 1.165) is 16.2 Å². The van der Waals surface area contributed by atoms with Crippen molar-refractivity contribution in [1.82, 2.24) is 9.55 Å². The fourth-order valence-electron chi connectivity index (χ4n) is 4.13. The number of rotatable bonds is 4. The van der Waals surface area contributed by atoms with Gasteiger partial charge in [-0.1, -0.05) is 74.3 Å². The molecule has 0 radical (unpaired) electrons. The van der Waals surface area contributed by atoms with E-state index in [0.29, 0.717) is 32.3 Å². The lowest BCUT2D eigenvalue weighted by molar-refractivity contribution is 0.0830. The number of hydrogen-bond donors (Lipinski definition) is 3. The average molecular weight is 537 g/mol. The predicted molar refractivity (Wildman–Crippen MR) is 143 cm³/mol. The molecule has 0 bridgehead atoms. The van der Waals surface area contributed by atoms with Crippen LogP contribution in [0.5, 0.6) is 17.5 Å². The number of aromatic hydroxyl groups is 3. The minimum Gasteiger partial charge on any atom is -0.503 e. The standard InChI is InChI=1S/C28H22Cl2N2O5/c1-28(2,3)25(35)24-23(32-21(34)13-20(33)27(32)36)18-12-17(14-8-10-15(29)11-9-14)22(31-26(18)37-24)16-6-4-5-7-19(16)30/h4-13,33-34,36H,1-3H3. The van der Waals surface area contributed by atoms with E-state index in [1.54, 1.807) is 45.0 Å². The molecule has 0 saturated carbocycles. The van der Waals surface area contributed by atoms with Crippen molar-refractivity contribution in [3.8, 4) is 45.6 Å². The van der Waals surface area contributed by atoms with Gasteiger partial charge in [0.1, 0.15) is 5.69 Å². The fraction of sp³-hybridized carbons (Fsp3) is 0.143. The maximum atomic E-state index is 13.5. The van der Waals surface area contributed by atoms with Crippen LogP contribution >= 0.6 is 23.2 Å². The molecule has 0 aliphatic carbocycles. The summed E-state index contributed by atoms with van der Waals surface area (Å²) in [6.45, 7) is 5.17. The highest BCUT2D eigenvalue weighted by atomic mass is 35.5. The Labute approximate surface area is 222 Å². The predicted octanol–water partition coefficient (Wildman–Crippen LogP) is 7.60. The zero-order valence-electron chi connectivity index (χ0n) is 20.1. The fourth-order valence-corrected chi connectivity index (χ4v) is 4.48. The van der Waals surface area contributed by atoms with Gasteiger partial charge in [0.15, 0.2) is 11.5 Å². The second kappa shape index (κ2) is 8.87. The van der Waals surface area contributed by atoms with Gasteiger partial charge in [0, 0.05) is 32.7 Å². The first kappa shape index (κ1) is 24.7. The van der Waals surface area contributed by atoms with Crippen molar-refractivity contribution in [2.45, 2.75) is 20.8 Å². The van der Waals surface area contributed by atoms with E-state index in [1.807, 2.05) is 30.3 Å². The first-order valence-electron chi connectivity index (χ1n) is 11.3. The van der Waals surface area contributed by atoms with E-state index in [9.17, 15) is 20.1 Å². The van der Waals surface area contributed by atoms with Crippen molar-refractivity contribution < 1.29 is 24.5 Å². The van der Waals surface area contributed by atoms with Crippen LogP contribution in [0.1, 0.15) is 31.3 Å². The summed E-state index contributed by atoms with van der Waals surface area (Å²) in [5.41, 5.74) is 1.81. The number of pyridine rings is 1. The number of Topliss-reactive ketones (excluding diaryl/α,β-unsaturated/α-hetero) is 1. The van der Waals surface area contributed by atoms with E-state index in [-0.39, 0.29) is 22.9 Å². The Morgan fingerprint density at radius 2 is 1.62 bits per heavy atom. The number of carbonyl (C=O) groups excluding carboxylic acids is 1. The van der Waals surface area contributed by atoms with Gasteiger partial charge in [0.2, 0.25) is 23.3 Å². The van der Waals surface area contributed by atoms with Crippen molar-refractivity contribution in [2.75, 3.05) is 0 Å². The van der Waals surface area contributed by atoms with Crippen molar-refractivity contribution in [2.24, 2.45) is 5.41 Å². The van der Waals surface area contributed by atoms with Crippen LogP contribution in [0.2, 0.25) is 10.0 Å². The van der Waals surface area contributed by atoms with E-state index < -0.39 is 22.9 Å². The van der Waals surface area contributed by atoms with Gasteiger partial charge in [0.05, 0.1) is 11.1 Å². The smallest absolute Gasteiger partial charge is 0.242 e. The number of hydrogen-bond acceptors (Lipinski definition) is 6. The molecular weight excluding hydrogens is 515 g/mol. The van der Waals surface area contributed by atoms with E-state index in [1.165, 1.54) is 0 Å². The van der Waals surface area contributed by atoms with Crippen LogP contribution in [0.15, 0.2) is 65.1 Å². The zero-order valence-corrected chi connectivity index (χ0v) is 21.6. The average Bonchev–Trinajstić information content (AvgIpc) is 3.32. The summed E-state index contributed by atoms with van der Waals surface area (Å²) in [4.78, 5) is 18.2. The maximum Gasteiger partial charge on any atom is 0.242 e. The number of fused-ring (bicyclic) bond motifs is 1. The van der Waals surface area contributed by atoms with E-state index >= 15 is 0 Å². The minimum atomic E-state index is -0.867. The first-order valence-corrected chi connectivity index (χ1v) is 12.1. The van der Waals surface area contributed by atoms with Gasteiger partial charge in [-0.2, -0.15) is 0 Å². The third-order valence-corrected chi connectivity index (χ3v) is 6.57. The van der Waals surface area contributed by atoms with Crippen molar-refractivity contribution in [3.05, 3.63) is 76.5 Å². The van der Waals surface area contributed by atoms with Crippen molar-refractivity contribution >= 4 is 40.1 Å². The van der Waals surface area contributed by atoms with Gasteiger partial charge >= 0.3 is 0 Å². The highest BCUT2D eigenvalue weighted by Gasteiger charge is 2.34. The summed E-state index contributed by atoms with van der Waals surface area (Å²) >= 11 is 12.7. The highest BCUT2D eigenvalue weighted by Crippen LogP contribution is 2.45. The Morgan fingerprint density at radius 1 is 0.946 bits per heavy atom. The minimum absolute atomic E-state index is 0.0543. The number of halogens is 2. The lowest BCUT2D eigenvalue weighted by Gasteiger charge is -2.16. The van der Waals surface area contributed by atoms with Crippen molar-refractivity contribution in [3.63, 3.8) is 0 Å². The molecule has 5 aromatic rings. The molecule has 0 spiro atoms. The van der Waals surface area contributed by atoms with Gasteiger partial charge in [-0.15, -0.1) is 0 Å². The molecule has 0 aliphatic heterocycles. The van der Waals surface area contributed by atoms with Gasteiger partial charge in [-0.3, -0.25) is 4.79 Å². The zero-order chi connectivity index (χ0) is 26.6. The molecule has 7 nitrogen and oxygen atoms in total. The number of aromatic nitrogens is 2. The number of nitrogens with zero attached hydrogens (tertiary/aromatic N) is 2. The first-order chi connectivity index (χ1) is 17.5. The number of carbonyl (C=O) groups is 1. The monoisotopic (exact) mass is 536 g/mol. The molecule has 3 heterocycles. The SMILES string of the molecule is CC(C)(C)C(=O)c1oc2nc(-c3ccccc3Cl)c(-c3ccc(Cl)cc3)cc2c1-n1c(O)cc(O)c1O. The number of benzene rings is 2. The normalized spacial score (nSPS) is 11.8. The van der Waals surface area contributed by atoms with Crippen LogP contribution < -0.4 is 0 Å². The van der Waals surface area contributed by atoms with Crippen LogP contribution in [-0.4, -0.2) is 30.7 Å². The lowest BCUT2D eigenvalue weighted by atomic mass is 9.88. The molecule has 0 saturated heterocycles. The molecule has 0 unspecified atom stereocenters. The molecule has 3 aromatic heterocycles. The van der Waals surface area contributed by atoms with Crippen LogP contribution in [0.25, 0.3) is 39.2 Å². The third-order valence-electron chi connectivity index (χ3n) is 5.99. The Balaban J connectivity index is 1.93. The summed E-state index contributed by atoms with van der Waals surface area (Å²) in [6.07, 6.45) is 0. The lowest BCUT2D eigenvalue weighted by Crippen LogP contribution is -2.21. The van der Waals surface area contributed by atoms with Crippen LogP contribution in [0, 0.1) is 5.41 Å². The molecule has 0 fully saturated rings. The molecule has 37 heavy (non-hydrogen) atoms. The van der Waals surface area contributed by atoms with Gasteiger partial charge in [-0.25, -0.2) is 9.55 Å². The van der Waals surface area contributed by atoms with Crippen LogP contribution in [0.3, 0.4) is 0 Å². The molecule has 9 heteroatoms.